The molecular weight excluding hydrogens is 184 g/mol. The van der Waals surface area contributed by atoms with Gasteiger partial charge in [-0.1, -0.05) is 27.7 Å². The molecule has 0 amide bonds. The highest BCUT2D eigenvalue weighted by Gasteiger charge is 2.64. The van der Waals surface area contributed by atoms with Crippen LogP contribution in [-0.4, -0.2) is 11.0 Å². The first-order valence-electron chi connectivity index (χ1n) is 5.54. The molecule has 1 fully saturated rings. The van der Waals surface area contributed by atoms with E-state index < -0.39 is 0 Å². The molecule has 1 aromatic heterocycles. The Balaban J connectivity index is 2.16. The second kappa shape index (κ2) is 2.97. The summed E-state index contributed by atoms with van der Waals surface area (Å²) in [5.41, 5.74) is 3.19. The van der Waals surface area contributed by atoms with E-state index in [0.29, 0.717) is 16.9 Å². The number of nitrogens with zero attached hydrogens (tertiary/aromatic N) is 1. The minimum Gasteiger partial charge on any atom is -0.381 e. The second-order valence-corrected chi connectivity index (χ2v) is 5.71. The zero-order valence-electron chi connectivity index (χ0n) is 10.3. The van der Waals surface area contributed by atoms with Crippen LogP contribution in [0.3, 0.4) is 0 Å². The molecule has 0 spiro atoms. The average molecular weight is 204 g/mol. The van der Waals surface area contributed by atoms with Crippen molar-refractivity contribution in [1.29, 1.82) is 0 Å². The molecule has 82 valence electrons. The van der Waals surface area contributed by atoms with Crippen LogP contribution in [0.15, 0.2) is 18.5 Å². The van der Waals surface area contributed by atoms with Crippen molar-refractivity contribution in [2.45, 2.75) is 40.7 Å². The van der Waals surface area contributed by atoms with Crippen LogP contribution in [0.2, 0.25) is 0 Å². The van der Waals surface area contributed by atoms with E-state index in [1.54, 1.807) is 0 Å². The standard InChI is InChI=1S/C13H20N2/c1-9-8-14-7-6-10(9)15-11-12(2,3)13(11,4)5/h6-8,11H,1-5H3,(H,14,15). The Morgan fingerprint density at radius 3 is 2.27 bits per heavy atom. The van der Waals surface area contributed by atoms with Gasteiger partial charge in [0.25, 0.3) is 0 Å². The predicted molar refractivity (Wildman–Crippen MR) is 63.9 cm³/mol. The van der Waals surface area contributed by atoms with Crippen molar-refractivity contribution in [3.8, 4) is 0 Å². The molecule has 0 unspecified atom stereocenters. The molecule has 2 rings (SSSR count). The van der Waals surface area contributed by atoms with Gasteiger partial charge in [0.2, 0.25) is 0 Å². The van der Waals surface area contributed by atoms with Gasteiger partial charge in [0.05, 0.1) is 0 Å². The minimum absolute atomic E-state index is 0.378. The highest BCUT2D eigenvalue weighted by Crippen LogP contribution is 2.63. The number of hydrogen-bond acceptors (Lipinski definition) is 2. The Morgan fingerprint density at radius 1 is 1.20 bits per heavy atom. The average Bonchev–Trinajstić information content (AvgIpc) is 2.51. The third kappa shape index (κ3) is 1.43. The lowest BCUT2D eigenvalue weighted by atomic mass is 10.0. The molecule has 1 aliphatic carbocycles. The molecule has 2 nitrogen and oxygen atoms in total. The summed E-state index contributed by atoms with van der Waals surface area (Å²) >= 11 is 0. The van der Waals surface area contributed by atoms with E-state index in [1.807, 2.05) is 12.4 Å². The van der Waals surface area contributed by atoms with Gasteiger partial charge >= 0.3 is 0 Å². The van der Waals surface area contributed by atoms with Gasteiger partial charge in [0.1, 0.15) is 0 Å². The molecule has 2 heteroatoms. The van der Waals surface area contributed by atoms with Crippen molar-refractivity contribution >= 4 is 5.69 Å². The van der Waals surface area contributed by atoms with Crippen molar-refractivity contribution in [3.63, 3.8) is 0 Å². The summed E-state index contributed by atoms with van der Waals surface area (Å²) in [4.78, 5) is 4.11. The first-order valence-corrected chi connectivity index (χ1v) is 5.54. The monoisotopic (exact) mass is 204 g/mol. The lowest BCUT2D eigenvalue weighted by Crippen LogP contribution is -2.10. The molecule has 0 saturated heterocycles. The Hall–Kier alpha value is -1.05. The lowest BCUT2D eigenvalue weighted by molar-refractivity contribution is 0.457. The summed E-state index contributed by atoms with van der Waals surface area (Å²) in [5, 5.41) is 3.62. The maximum Gasteiger partial charge on any atom is 0.0403 e. The van der Waals surface area contributed by atoms with Crippen LogP contribution in [0, 0.1) is 17.8 Å². The Kier molecular flexibility index (Phi) is 2.07. The fraction of sp³-hybridized carbons (Fsp3) is 0.615. The molecule has 1 N–H and O–H groups in total. The smallest absolute Gasteiger partial charge is 0.0403 e. The fourth-order valence-electron chi connectivity index (χ4n) is 2.35. The van der Waals surface area contributed by atoms with Gasteiger partial charge in [0, 0.05) is 24.1 Å². The number of hydrogen-bond donors (Lipinski definition) is 1. The molecule has 1 saturated carbocycles. The number of aromatic nitrogens is 1. The normalized spacial score (nSPS) is 22.5. The molecular formula is C13H20N2. The van der Waals surface area contributed by atoms with Gasteiger partial charge in [-0.25, -0.2) is 0 Å². The summed E-state index contributed by atoms with van der Waals surface area (Å²) in [6.45, 7) is 11.4. The number of rotatable bonds is 2. The number of nitrogens with one attached hydrogen (secondary N) is 1. The number of pyridine rings is 1. The molecule has 0 aliphatic heterocycles. The maximum atomic E-state index is 4.11. The maximum absolute atomic E-state index is 4.11. The highest BCUT2D eigenvalue weighted by atomic mass is 15.0. The SMILES string of the molecule is Cc1cnccc1NC1C(C)(C)C1(C)C. The fourth-order valence-corrected chi connectivity index (χ4v) is 2.35. The molecule has 0 atom stereocenters. The largest absolute Gasteiger partial charge is 0.381 e. The zero-order valence-corrected chi connectivity index (χ0v) is 10.3. The second-order valence-electron chi connectivity index (χ2n) is 5.71. The van der Waals surface area contributed by atoms with E-state index in [4.69, 9.17) is 0 Å². The van der Waals surface area contributed by atoms with Gasteiger partial charge in [0.15, 0.2) is 0 Å². The minimum atomic E-state index is 0.378. The van der Waals surface area contributed by atoms with Crippen molar-refractivity contribution in [2.75, 3.05) is 5.32 Å². The van der Waals surface area contributed by atoms with E-state index in [9.17, 15) is 0 Å². The van der Waals surface area contributed by atoms with E-state index in [2.05, 4.69) is 51.0 Å². The van der Waals surface area contributed by atoms with Crippen molar-refractivity contribution in [2.24, 2.45) is 10.8 Å². The molecule has 0 aromatic carbocycles. The topological polar surface area (TPSA) is 24.9 Å². The van der Waals surface area contributed by atoms with Crippen LogP contribution in [0.25, 0.3) is 0 Å². The Morgan fingerprint density at radius 2 is 1.80 bits per heavy atom. The van der Waals surface area contributed by atoms with E-state index in [1.165, 1.54) is 11.3 Å². The van der Waals surface area contributed by atoms with E-state index >= 15 is 0 Å². The van der Waals surface area contributed by atoms with Gasteiger partial charge in [-0.2, -0.15) is 0 Å². The third-order valence-corrected chi connectivity index (χ3v) is 4.34. The van der Waals surface area contributed by atoms with Gasteiger partial charge < -0.3 is 5.32 Å². The van der Waals surface area contributed by atoms with Crippen molar-refractivity contribution < 1.29 is 0 Å². The summed E-state index contributed by atoms with van der Waals surface area (Å²) in [6.07, 6.45) is 3.75. The first-order chi connectivity index (χ1) is 6.87. The zero-order chi connectivity index (χ0) is 11.3. The summed E-state index contributed by atoms with van der Waals surface area (Å²) in [6, 6.07) is 2.62. The van der Waals surface area contributed by atoms with E-state index in [0.717, 1.165) is 0 Å². The van der Waals surface area contributed by atoms with Gasteiger partial charge in [-0.3, -0.25) is 4.98 Å². The lowest BCUT2D eigenvalue weighted by Gasteiger charge is -2.10. The van der Waals surface area contributed by atoms with Crippen LogP contribution >= 0.6 is 0 Å². The van der Waals surface area contributed by atoms with E-state index in [-0.39, 0.29) is 0 Å². The quantitative estimate of drug-likeness (QED) is 0.800. The predicted octanol–water partition coefficient (Wildman–Crippen LogP) is 3.24. The third-order valence-electron chi connectivity index (χ3n) is 4.34. The van der Waals surface area contributed by atoms with Gasteiger partial charge in [-0.05, 0) is 29.4 Å². The van der Waals surface area contributed by atoms with Crippen LogP contribution in [0.5, 0.6) is 0 Å². The molecule has 1 aliphatic rings. The van der Waals surface area contributed by atoms with Crippen molar-refractivity contribution in [1.82, 2.24) is 4.98 Å². The summed E-state index contributed by atoms with van der Waals surface area (Å²) in [7, 11) is 0. The van der Waals surface area contributed by atoms with Crippen LogP contribution in [0.1, 0.15) is 33.3 Å². The van der Waals surface area contributed by atoms with Gasteiger partial charge in [-0.15, -0.1) is 0 Å². The molecule has 0 bridgehead atoms. The van der Waals surface area contributed by atoms with Crippen LogP contribution in [-0.2, 0) is 0 Å². The molecule has 1 aromatic rings. The number of aryl methyl sites for hydroxylation is 1. The number of anilines is 1. The molecule has 0 radical (unpaired) electrons. The van der Waals surface area contributed by atoms with Crippen LogP contribution < -0.4 is 5.32 Å². The molecule has 15 heavy (non-hydrogen) atoms. The Bertz CT molecular complexity index is 366. The van der Waals surface area contributed by atoms with Crippen molar-refractivity contribution in [3.05, 3.63) is 24.0 Å². The summed E-state index contributed by atoms with van der Waals surface area (Å²) < 4.78 is 0. The highest BCUT2D eigenvalue weighted by molar-refractivity contribution is 5.52. The summed E-state index contributed by atoms with van der Waals surface area (Å²) in [5.74, 6) is 0. The Labute approximate surface area is 92.1 Å². The first kappa shape index (κ1) is 10.5. The molecule has 1 heterocycles. The van der Waals surface area contributed by atoms with Crippen LogP contribution in [0.4, 0.5) is 5.69 Å².